The molecule has 0 amide bonds. The van der Waals surface area contributed by atoms with Crippen molar-refractivity contribution in [3.8, 4) is 0 Å². The molecule has 0 aromatic carbocycles. The van der Waals surface area contributed by atoms with Gasteiger partial charge in [-0.05, 0) is 6.42 Å². The average Bonchev–Trinajstić information content (AvgIpc) is 2.56. The van der Waals surface area contributed by atoms with Crippen molar-refractivity contribution in [2.24, 2.45) is 0 Å². The maximum atomic E-state index is 11.0. The Morgan fingerprint density at radius 2 is 2.00 bits per heavy atom. The standard InChI is InChI=1S/C12H18O4/c1-2-3-4-5-7-15-8-6-10-9-11(13)16-12(10)14/h9H,2-8H2,1H3. The lowest BCUT2D eigenvalue weighted by atomic mass is 10.2. The number of hydrogen-bond donors (Lipinski definition) is 0. The summed E-state index contributed by atoms with van der Waals surface area (Å²) in [6.45, 7) is 3.35. The zero-order chi connectivity index (χ0) is 11.8. The van der Waals surface area contributed by atoms with Crippen LogP contribution in [0.25, 0.3) is 0 Å². The fourth-order valence-electron chi connectivity index (χ4n) is 1.48. The van der Waals surface area contributed by atoms with Gasteiger partial charge in [-0.25, -0.2) is 9.59 Å². The van der Waals surface area contributed by atoms with Crippen molar-refractivity contribution in [3.63, 3.8) is 0 Å². The maximum absolute atomic E-state index is 11.0. The Bertz CT molecular complexity index is 281. The summed E-state index contributed by atoms with van der Waals surface area (Å²) in [5, 5.41) is 0. The number of unbranched alkanes of at least 4 members (excludes halogenated alkanes) is 3. The SMILES string of the molecule is CCCCCCOCCC1=CC(=O)OC1=O. The summed E-state index contributed by atoms with van der Waals surface area (Å²) in [6, 6.07) is 0. The Hall–Kier alpha value is -1.16. The van der Waals surface area contributed by atoms with Crippen LogP contribution in [-0.2, 0) is 19.1 Å². The Balaban J connectivity index is 2.01. The molecule has 0 fully saturated rings. The van der Waals surface area contributed by atoms with Crippen LogP contribution in [0.4, 0.5) is 0 Å². The van der Waals surface area contributed by atoms with E-state index in [1.807, 2.05) is 0 Å². The summed E-state index contributed by atoms with van der Waals surface area (Å²) < 4.78 is 9.72. The van der Waals surface area contributed by atoms with Crippen LogP contribution in [0.1, 0.15) is 39.0 Å². The second-order valence-corrected chi connectivity index (χ2v) is 3.80. The molecule has 1 rings (SSSR count). The summed E-state index contributed by atoms with van der Waals surface area (Å²) in [4.78, 5) is 21.7. The van der Waals surface area contributed by atoms with Crippen LogP contribution >= 0.6 is 0 Å². The second kappa shape index (κ2) is 7.17. The second-order valence-electron chi connectivity index (χ2n) is 3.80. The van der Waals surface area contributed by atoms with E-state index in [-0.39, 0.29) is 0 Å². The van der Waals surface area contributed by atoms with Crippen LogP contribution in [0.2, 0.25) is 0 Å². The van der Waals surface area contributed by atoms with Gasteiger partial charge in [0.1, 0.15) is 0 Å². The molecule has 1 aliphatic rings. The Morgan fingerprint density at radius 1 is 1.19 bits per heavy atom. The fourth-order valence-corrected chi connectivity index (χ4v) is 1.48. The van der Waals surface area contributed by atoms with Crippen molar-refractivity contribution in [2.75, 3.05) is 13.2 Å². The molecule has 0 unspecified atom stereocenters. The van der Waals surface area contributed by atoms with Crippen molar-refractivity contribution in [3.05, 3.63) is 11.6 Å². The Kier molecular flexibility index (Phi) is 5.78. The average molecular weight is 226 g/mol. The lowest BCUT2D eigenvalue weighted by Gasteiger charge is -2.03. The summed E-state index contributed by atoms with van der Waals surface area (Å²) in [5.41, 5.74) is 0.415. The van der Waals surface area contributed by atoms with E-state index < -0.39 is 11.9 Å². The molecule has 1 heterocycles. The number of carbonyl (C=O) groups excluding carboxylic acids is 2. The molecule has 0 bridgehead atoms. The van der Waals surface area contributed by atoms with Gasteiger partial charge in [-0.1, -0.05) is 26.2 Å². The predicted molar refractivity (Wildman–Crippen MR) is 58.8 cm³/mol. The molecule has 1 aliphatic heterocycles. The minimum atomic E-state index is -0.567. The normalized spacial score (nSPS) is 15.2. The molecule has 0 aromatic heterocycles. The summed E-state index contributed by atoms with van der Waals surface area (Å²) in [7, 11) is 0. The van der Waals surface area contributed by atoms with E-state index in [2.05, 4.69) is 11.7 Å². The molecule has 4 nitrogen and oxygen atoms in total. The van der Waals surface area contributed by atoms with Gasteiger partial charge in [-0.3, -0.25) is 0 Å². The third-order valence-electron chi connectivity index (χ3n) is 2.41. The predicted octanol–water partition coefficient (Wildman–Crippen LogP) is 1.98. The van der Waals surface area contributed by atoms with Gasteiger partial charge in [0, 0.05) is 24.7 Å². The zero-order valence-corrected chi connectivity index (χ0v) is 9.66. The van der Waals surface area contributed by atoms with Crippen LogP contribution in [0.3, 0.4) is 0 Å². The zero-order valence-electron chi connectivity index (χ0n) is 9.66. The molecule has 0 radical (unpaired) electrons. The van der Waals surface area contributed by atoms with E-state index in [9.17, 15) is 9.59 Å². The highest BCUT2D eigenvalue weighted by molar-refractivity contribution is 6.08. The molecule has 0 aliphatic carbocycles. The van der Waals surface area contributed by atoms with E-state index in [1.54, 1.807) is 0 Å². The highest BCUT2D eigenvalue weighted by Gasteiger charge is 2.22. The van der Waals surface area contributed by atoms with E-state index in [0.29, 0.717) is 18.6 Å². The monoisotopic (exact) mass is 226 g/mol. The molecule has 90 valence electrons. The quantitative estimate of drug-likeness (QED) is 0.361. The molecular weight excluding hydrogens is 208 g/mol. The lowest BCUT2D eigenvalue weighted by Crippen LogP contribution is -2.05. The van der Waals surface area contributed by atoms with Crippen LogP contribution < -0.4 is 0 Å². The van der Waals surface area contributed by atoms with Crippen LogP contribution in [0, 0.1) is 0 Å². The molecule has 0 N–H and O–H groups in total. The summed E-state index contributed by atoms with van der Waals surface area (Å²) in [5.74, 6) is -1.09. The van der Waals surface area contributed by atoms with Gasteiger partial charge >= 0.3 is 11.9 Å². The first-order valence-corrected chi connectivity index (χ1v) is 5.78. The topological polar surface area (TPSA) is 52.6 Å². The molecule has 0 atom stereocenters. The minimum Gasteiger partial charge on any atom is -0.386 e. The molecule has 4 heteroatoms. The number of cyclic esters (lactones) is 2. The van der Waals surface area contributed by atoms with Gasteiger partial charge in [0.15, 0.2) is 0 Å². The Morgan fingerprint density at radius 3 is 2.62 bits per heavy atom. The van der Waals surface area contributed by atoms with Gasteiger partial charge in [-0.15, -0.1) is 0 Å². The number of esters is 2. The van der Waals surface area contributed by atoms with Crippen molar-refractivity contribution < 1.29 is 19.1 Å². The molecule has 0 aromatic rings. The number of carbonyl (C=O) groups is 2. The van der Waals surface area contributed by atoms with Gasteiger partial charge in [0.25, 0.3) is 0 Å². The van der Waals surface area contributed by atoms with E-state index >= 15 is 0 Å². The molecule has 0 saturated carbocycles. The minimum absolute atomic E-state index is 0.415. The highest BCUT2D eigenvalue weighted by Crippen LogP contribution is 2.12. The van der Waals surface area contributed by atoms with Crippen molar-refractivity contribution in [1.29, 1.82) is 0 Å². The first-order chi connectivity index (χ1) is 7.74. The van der Waals surface area contributed by atoms with E-state index in [0.717, 1.165) is 13.0 Å². The maximum Gasteiger partial charge on any atom is 0.342 e. The molecule has 16 heavy (non-hydrogen) atoms. The summed E-state index contributed by atoms with van der Waals surface area (Å²) in [6.07, 6.45) is 6.37. The van der Waals surface area contributed by atoms with Crippen molar-refractivity contribution >= 4 is 11.9 Å². The van der Waals surface area contributed by atoms with Gasteiger partial charge in [-0.2, -0.15) is 0 Å². The summed E-state index contributed by atoms with van der Waals surface area (Å²) >= 11 is 0. The first kappa shape index (κ1) is 12.9. The third-order valence-corrected chi connectivity index (χ3v) is 2.41. The number of rotatable bonds is 8. The third kappa shape index (κ3) is 4.57. The fraction of sp³-hybridized carbons (Fsp3) is 0.667. The molecular formula is C12H18O4. The number of ether oxygens (including phenoxy) is 2. The van der Waals surface area contributed by atoms with Gasteiger partial charge in [0.2, 0.25) is 0 Å². The largest absolute Gasteiger partial charge is 0.386 e. The molecule has 0 spiro atoms. The smallest absolute Gasteiger partial charge is 0.342 e. The van der Waals surface area contributed by atoms with Gasteiger partial charge < -0.3 is 9.47 Å². The number of hydrogen-bond acceptors (Lipinski definition) is 4. The van der Waals surface area contributed by atoms with Gasteiger partial charge in [0.05, 0.1) is 6.61 Å². The Labute approximate surface area is 95.6 Å². The highest BCUT2D eigenvalue weighted by atomic mass is 16.6. The van der Waals surface area contributed by atoms with Crippen LogP contribution in [0.5, 0.6) is 0 Å². The van der Waals surface area contributed by atoms with E-state index in [1.165, 1.54) is 25.3 Å². The first-order valence-electron chi connectivity index (χ1n) is 5.78. The van der Waals surface area contributed by atoms with Crippen molar-refractivity contribution in [2.45, 2.75) is 39.0 Å². The van der Waals surface area contributed by atoms with Crippen LogP contribution in [-0.4, -0.2) is 25.2 Å². The van der Waals surface area contributed by atoms with E-state index in [4.69, 9.17) is 4.74 Å². The van der Waals surface area contributed by atoms with Crippen molar-refractivity contribution in [1.82, 2.24) is 0 Å². The molecule has 0 saturated heterocycles. The van der Waals surface area contributed by atoms with Crippen LogP contribution in [0.15, 0.2) is 11.6 Å². The lowest BCUT2D eigenvalue weighted by molar-refractivity contribution is -0.150.